The van der Waals surface area contributed by atoms with Crippen molar-refractivity contribution in [1.29, 1.82) is 0 Å². The van der Waals surface area contributed by atoms with Crippen LogP contribution >= 0.6 is 0 Å². The summed E-state index contributed by atoms with van der Waals surface area (Å²) in [6.45, 7) is 6.83. The number of hydrogen-bond donors (Lipinski definition) is 1. The van der Waals surface area contributed by atoms with Crippen LogP contribution in [0.5, 0.6) is 0 Å². The third-order valence-electron chi connectivity index (χ3n) is 0. The van der Waals surface area contributed by atoms with Crippen molar-refractivity contribution in [2.24, 2.45) is 0 Å². The Bertz CT molecular complexity index is 34.8. The van der Waals surface area contributed by atoms with Crippen LogP contribution in [0.2, 0.25) is 0 Å². The molecule has 0 saturated heterocycles. The summed E-state index contributed by atoms with van der Waals surface area (Å²) in [7, 11) is 0. The van der Waals surface area contributed by atoms with Gasteiger partial charge in [-0.25, -0.2) is 0 Å². The van der Waals surface area contributed by atoms with Crippen LogP contribution in [0.1, 0.15) is 27.7 Å². The fraction of sp³-hybridized carbons (Fsp3) is 1.00. The normalized spacial score (nSPS) is 8.67. The Morgan fingerprint density at radius 3 is 1.33 bits per heavy atom. The molecule has 0 aliphatic rings. The van der Waals surface area contributed by atoms with Crippen molar-refractivity contribution in [3.63, 3.8) is 0 Å². The molecule has 0 saturated carbocycles. The Morgan fingerprint density at radius 2 is 1.33 bits per heavy atom. The van der Waals surface area contributed by atoms with Gasteiger partial charge in [0.05, 0.1) is 0 Å². The second-order valence-corrected chi connectivity index (χ2v) is 2.43. The topological polar surface area (TPSA) is 43.3 Å². The minimum Gasteiger partial charge on any atom is -0.850 e. The van der Waals surface area contributed by atoms with Gasteiger partial charge in [-0.15, -0.1) is 5.60 Å². The minimum atomic E-state index is -0.750. The van der Waals surface area contributed by atoms with Gasteiger partial charge in [0.1, 0.15) is 0 Å². The summed E-state index contributed by atoms with van der Waals surface area (Å²) in [6, 6.07) is 0. The largest absolute Gasteiger partial charge is 1.00 e. The van der Waals surface area contributed by atoms with E-state index in [2.05, 4.69) is 0 Å². The maximum atomic E-state index is 10.1. The monoisotopic (exact) mass is 158 g/mol. The summed E-state index contributed by atoms with van der Waals surface area (Å²) >= 11 is 0. The van der Waals surface area contributed by atoms with Crippen LogP contribution in [-0.2, 0) is 0 Å². The molecule has 0 heterocycles. The van der Waals surface area contributed by atoms with Crippen LogP contribution in [-0.4, -0.2) is 17.3 Å². The van der Waals surface area contributed by atoms with Crippen LogP contribution in [0.25, 0.3) is 0 Å². The molecule has 3 heteroatoms. The van der Waals surface area contributed by atoms with Crippen LogP contribution in [0.4, 0.5) is 0 Å². The van der Waals surface area contributed by atoms with E-state index in [4.69, 9.17) is 5.11 Å². The Kier molecular flexibility index (Phi) is 17.9. The Labute approximate surface area is 100 Å². The predicted molar refractivity (Wildman–Crippen MR) is 32.5 cm³/mol. The van der Waals surface area contributed by atoms with Crippen molar-refractivity contribution in [3.05, 3.63) is 0 Å². The van der Waals surface area contributed by atoms with Gasteiger partial charge in [-0.1, -0.05) is 20.8 Å². The van der Waals surface area contributed by atoms with Crippen LogP contribution in [0.3, 0.4) is 0 Å². The molecule has 0 bridgehead atoms. The zero-order valence-electron chi connectivity index (χ0n) is 7.06. The van der Waals surface area contributed by atoms with Crippen LogP contribution < -0.4 is 56.5 Å². The summed E-state index contributed by atoms with van der Waals surface area (Å²) in [5.74, 6) is 0. The molecule has 0 aliphatic heterocycles. The quantitative estimate of drug-likeness (QED) is 0.386. The van der Waals surface area contributed by atoms with E-state index in [1.54, 1.807) is 27.7 Å². The zero-order valence-corrected chi connectivity index (χ0v) is 10.2. The second-order valence-electron chi connectivity index (χ2n) is 2.43. The fourth-order valence-electron chi connectivity index (χ4n) is 0. The van der Waals surface area contributed by atoms with Crippen molar-refractivity contribution >= 4 is 0 Å². The Morgan fingerprint density at radius 1 is 1.33 bits per heavy atom. The van der Waals surface area contributed by atoms with E-state index >= 15 is 0 Å². The van der Waals surface area contributed by atoms with Gasteiger partial charge in [-0.3, -0.25) is 0 Å². The number of aliphatic hydroxyl groups excluding tert-OH is 1. The standard InChI is InChI=1S/C4H9O.C2H6O.K/c1-4(2,3)5;1-2-3;/h1-3H3;3H,2H2,1H3;/q-1;;+1. The number of hydrogen-bond acceptors (Lipinski definition) is 2. The summed E-state index contributed by atoms with van der Waals surface area (Å²) in [5.41, 5.74) is -0.750. The molecule has 0 aromatic heterocycles. The van der Waals surface area contributed by atoms with Gasteiger partial charge in [0.15, 0.2) is 0 Å². The van der Waals surface area contributed by atoms with Gasteiger partial charge in [0.2, 0.25) is 0 Å². The first-order valence-corrected chi connectivity index (χ1v) is 2.73. The molecular formula is C6H15KO2. The summed E-state index contributed by atoms with van der Waals surface area (Å²) in [6.07, 6.45) is 0. The molecule has 2 nitrogen and oxygen atoms in total. The van der Waals surface area contributed by atoms with E-state index in [1.165, 1.54) is 0 Å². The number of aliphatic hydroxyl groups is 1. The van der Waals surface area contributed by atoms with E-state index in [0.29, 0.717) is 0 Å². The van der Waals surface area contributed by atoms with E-state index in [-0.39, 0.29) is 58.0 Å². The Hall–Kier alpha value is 1.56. The molecule has 0 radical (unpaired) electrons. The molecule has 0 unspecified atom stereocenters. The van der Waals surface area contributed by atoms with Crippen molar-refractivity contribution < 1.29 is 61.6 Å². The third-order valence-corrected chi connectivity index (χ3v) is 0. The van der Waals surface area contributed by atoms with Gasteiger partial charge in [-0.05, 0) is 6.92 Å². The zero-order chi connectivity index (χ0) is 7.21. The molecule has 0 aliphatic carbocycles. The molecule has 0 aromatic rings. The van der Waals surface area contributed by atoms with Gasteiger partial charge in [-0.2, -0.15) is 0 Å². The smallest absolute Gasteiger partial charge is 0.850 e. The molecule has 0 fully saturated rings. The summed E-state index contributed by atoms with van der Waals surface area (Å²) in [4.78, 5) is 0. The molecular weight excluding hydrogens is 143 g/mol. The maximum Gasteiger partial charge on any atom is 1.00 e. The minimum absolute atomic E-state index is 0. The van der Waals surface area contributed by atoms with Crippen molar-refractivity contribution in [3.8, 4) is 0 Å². The van der Waals surface area contributed by atoms with Crippen LogP contribution in [0.15, 0.2) is 0 Å². The molecule has 9 heavy (non-hydrogen) atoms. The first-order valence-electron chi connectivity index (χ1n) is 2.73. The van der Waals surface area contributed by atoms with E-state index in [9.17, 15) is 5.11 Å². The number of rotatable bonds is 0. The average molecular weight is 158 g/mol. The second kappa shape index (κ2) is 9.56. The van der Waals surface area contributed by atoms with E-state index in [0.717, 1.165) is 0 Å². The summed E-state index contributed by atoms with van der Waals surface area (Å²) in [5, 5.41) is 17.7. The molecule has 1 N–H and O–H groups in total. The maximum absolute atomic E-state index is 10.1. The SMILES string of the molecule is CC(C)(C)[O-].CCO.[K+]. The molecule has 0 rings (SSSR count). The van der Waals surface area contributed by atoms with Gasteiger partial charge < -0.3 is 10.2 Å². The fourth-order valence-corrected chi connectivity index (χ4v) is 0. The molecule has 52 valence electrons. The molecule has 0 amide bonds. The van der Waals surface area contributed by atoms with Gasteiger partial charge in [0.25, 0.3) is 0 Å². The van der Waals surface area contributed by atoms with Crippen molar-refractivity contribution in [2.75, 3.05) is 6.61 Å². The first kappa shape index (κ1) is 16.9. The molecule has 0 aromatic carbocycles. The molecule has 0 spiro atoms. The summed E-state index contributed by atoms with van der Waals surface area (Å²) < 4.78 is 0. The predicted octanol–water partition coefficient (Wildman–Crippen LogP) is -2.85. The Balaban J connectivity index is -0.0000000800. The van der Waals surface area contributed by atoms with E-state index < -0.39 is 5.60 Å². The first-order chi connectivity index (χ1) is 3.41. The average Bonchev–Trinajstić information content (AvgIpc) is 1.27. The molecule has 0 atom stereocenters. The van der Waals surface area contributed by atoms with E-state index in [1.807, 2.05) is 0 Å². The third kappa shape index (κ3) is 225. The van der Waals surface area contributed by atoms with Crippen molar-refractivity contribution in [2.45, 2.75) is 33.3 Å². The van der Waals surface area contributed by atoms with Crippen molar-refractivity contribution in [1.82, 2.24) is 0 Å². The van der Waals surface area contributed by atoms with Crippen LogP contribution in [0, 0.1) is 0 Å². The van der Waals surface area contributed by atoms with Gasteiger partial charge >= 0.3 is 51.4 Å². The van der Waals surface area contributed by atoms with Gasteiger partial charge in [0, 0.05) is 6.61 Å².